The Morgan fingerprint density at radius 2 is 2.26 bits per heavy atom. The summed E-state index contributed by atoms with van der Waals surface area (Å²) in [6, 6.07) is 0. The summed E-state index contributed by atoms with van der Waals surface area (Å²) < 4.78 is 5.75. The lowest BCUT2D eigenvalue weighted by molar-refractivity contribution is -0.145. The van der Waals surface area contributed by atoms with Crippen molar-refractivity contribution in [3.05, 3.63) is 23.9 Å². The number of hydrogen-bond donors (Lipinski definition) is 0. The van der Waals surface area contributed by atoms with Crippen molar-refractivity contribution in [3.63, 3.8) is 0 Å². The third kappa shape index (κ3) is 2.78. The molecule has 2 rings (SSSR count). The van der Waals surface area contributed by atoms with E-state index in [1.807, 2.05) is 18.2 Å². The normalized spacial score (nSPS) is 25.5. The first-order valence-corrected chi connectivity index (χ1v) is 6.99. The molecule has 1 fully saturated rings. The number of rotatable bonds is 5. The van der Waals surface area contributed by atoms with Crippen molar-refractivity contribution >= 4 is 11.8 Å². The van der Waals surface area contributed by atoms with E-state index in [4.69, 9.17) is 4.74 Å². The van der Waals surface area contributed by atoms with Crippen LogP contribution in [0.2, 0.25) is 0 Å². The van der Waals surface area contributed by atoms with E-state index >= 15 is 0 Å². The Morgan fingerprint density at radius 3 is 2.95 bits per heavy atom. The number of carbonyl (C=O) groups is 2. The van der Waals surface area contributed by atoms with Crippen LogP contribution in [0.1, 0.15) is 39.5 Å². The van der Waals surface area contributed by atoms with E-state index in [0.29, 0.717) is 6.61 Å². The second-order valence-electron chi connectivity index (χ2n) is 5.05. The molecule has 2 unspecified atom stereocenters. The van der Waals surface area contributed by atoms with Crippen molar-refractivity contribution in [2.24, 2.45) is 5.92 Å². The van der Waals surface area contributed by atoms with Crippen LogP contribution in [0.15, 0.2) is 23.9 Å². The molecule has 1 heterocycles. The molecule has 4 nitrogen and oxygen atoms in total. The van der Waals surface area contributed by atoms with E-state index in [1.165, 1.54) is 11.8 Å². The highest BCUT2D eigenvalue weighted by molar-refractivity contribution is 6.01. The number of unbranched alkanes of at least 4 members (excludes halogenated alkanes) is 2. The maximum absolute atomic E-state index is 12.3. The summed E-state index contributed by atoms with van der Waals surface area (Å²) in [5, 5.41) is 0. The van der Waals surface area contributed by atoms with Crippen LogP contribution in [0.25, 0.3) is 0 Å². The zero-order chi connectivity index (χ0) is 13.8. The monoisotopic (exact) mass is 263 g/mol. The number of allylic oxidation sites excluding steroid dienone is 3. The zero-order valence-corrected chi connectivity index (χ0v) is 11.6. The standard InChI is InChI=1S/C15H21NO3/c1-3-4-7-10-19-14-12-8-5-6-9-13(12)16(11(2)17)15(14)18/h5-6,9,12,14H,3-4,7-8,10H2,1-2H3. The van der Waals surface area contributed by atoms with Gasteiger partial charge in [-0.05, 0) is 18.9 Å². The molecule has 19 heavy (non-hydrogen) atoms. The molecule has 2 amide bonds. The lowest BCUT2D eigenvalue weighted by Gasteiger charge is -2.19. The van der Waals surface area contributed by atoms with Crippen LogP contribution in [0.5, 0.6) is 0 Å². The van der Waals surface area contributed by atoms with Gasteiger partial charge < -0.3 is 4.74 Å². The maximum atomic E-state index is 12.3. The first-order valence-electron chi connectivity index (χ1n) is 6.99. The van der Waals surface area contributed by atoms with E-state index in [2.05, 4.69) is 6.92 Å². The van der Waals surface area contributed by atoms with Crippen molar-refractivity contribution in [1.82, 2.24) is 4.90 Å². The molecule has 104 valence electrons. The van der Waals surface area contributed by atoms with Crippen molar-refractivity contribution in [2.75, 3.05) is 6.61 Å². The van der Waals surface area contributed by atoms with Gasteiger partial charge in [0.15, 0.2) is 0 Å². The molecule has 0 aromatic heterocycles. The molecule has 1 saturated heterocycles. The highest BCUT2D eigenvalue weighted by Gasteiger charge is 2.46. The minimum atomic E-state index is -0.489. The van der Waals surface area contributed by atoms with Gasteiger partial charge in [0.25, 0.3) is 5.91 Å². The van der Waals surface area contributed by atoms with Gasteiger partial charge in [-0.15, -0.1) is 0 Å². The van der Waals surface area contributed by atoms with Crippen LogP contribution in [-0.2, 0) is 14.3 Å². The molecule has 2 atom stereocenters. The summed E-state index contributed by atoms with van der Waals surface area (Å²) in [6.45, 7) is 4.14. The summed E-state index contributed by atoms with van der Waals surface area (Å²) >= 11 is 0. The summed E-state index contributed by atoms with van der Waals surface area (Å²) in [4.78, 5) is 25.2. The van der Waals surface area contributed by atoms with Crippen LogP contribution in [0, 0.1) is 5.92 Å². The SMILES string of the molecule is CCCCCOC1C(=O)N(C(C)=O)C2=CC=CCC21. The van der Waals surface area contributed by atoms with Crippen LogP contribution in [0.3, 0.4) is 0 Å². The number of likely N-dealkylation sites (tertiary alicyclic amines) is 1. The first kappa shape index (κ1) is 14.0. The molecule has 0 bridgehead atoms. The highest BCUT2D eigenvalue weighted by Crippen LogP contribution is 2.36. The Balaban J connectivity index is 2.07. The molecule has 1 aliphatic carbocycles. The van der Waals surface area contributed by atoms with E-state index in [0.717, 1.165) is 31.4 Å². The van der Waals surface area contributed by atoms with Crippen LogP contribution >= 0.6 is 0 Å². The number of ether oxygens (including phenoxy) is 1. The fraction of sp³-hybridized carbons (Fsp3) is 0.600. The molecule has 0 radical (unpaired) electrons. The number of imide groups is 1. The van der Waals surface area contributed by atoms with Gasteiger partial charge in [-0.1, -0.05) is 31.9 Å². The largest absolute Gasteiger partial charge is 0.368 e. The van der Waals surface area contributed by atoms with Crippen LogP contribution in [-0.4, -0.2) is 29.4 Å². The Bertz CT molecular complexity index is 425. The number of carbonyl (C=O) groups excluding carboxylic acids is 2. The Labute approximate surface area is 114 Å². The molecule has 0 aromatic rings. The molecule has 4 heteroatoms. The minimum absolute atomic E-state index is 0.00280. The molecule has 1 aliphatic heterocycles. The highest BCUT2D eigenvalue weighted by atomic mass is 16.5. The average molecular weight is 263 g/mol. The summed E-state index contributed by atoms with van der Waals surface area (Å²) in [7, 11) is 0. The predicted octanol–water partition coefficient (Wildman–Crippen LogP) is 2.41. The van der Waals surface area contributed by atoms with Gasteiger partial charge in [0.2, 0.25) is 5.91 Å². The molecule has 0 aromatic carbocycles. The average Bonchev–Trinajstić information content (AvgIpc) is 2.67. The Morgan fingerprint density at radius 1 is 1.47 bits per heavy atom. The molecule has 0 N–H and O–H groups in total. The van der Waals surface area contributed by atoms with E-state index in [-0.39, 0.29) is 17.7 Å². The van der Waals surface area contributed by atoms with E-state index < -0.39 is 6.10 Å². The Kier molecular flexibility index (Phi) is 4.53. The number of hydrogen-bond acceptors (Lipinski definition) is 3. The maximum Gasteiger partial charge on any atom is 0.263 e. The van der Waals surface area contributed by atoms with Crippen molar-refractivity contribution < 1.29 is 14.3 Å². The van der Waals surface area contributed by atoms with Crippen LogP contribution < -0.4 is 0 Å². The molecule has 0 spiro atoms. The quantitative estimate of drug-likeness (QED) is 0.716. The molecule has 2 aliphatic rings. The van der Waals surface area contributed by atoms with Gasteiger partial charge in [-0.25, -0.2) is 0 Å². The number of amides is 2. The van der Waals surface area contributed by atoms with E-state index in [9.17, 15) is 9.59 Å². The van der Waals surface area contributed by atoms with Crippen molar-refractivity contribution in [2.45, 2.75) is 45.6 Å². The summed E-state index contributed by atoms with van der Waals surface area (Å²) in [6.07, 6.45) is 9.23. The number of nitrogens with zero attached hydrogens (tertiary/aromatic N) is 1. The minimum Gasteiger partial charge on any atom is -0.368 e. The van der Waals surface area contributed by atoms with Gasteiger partial charge >= 0.3 is 0 Å². The van der Waals surface area contributed by atoms with Crippen LogP contribution in [0.4, 0.5) is 0 Å². The smallest absolute Gasteiger partial charge is 0.263 e. The second-order valence-corrected chi connectivity index (χ2v) is 5.05. The molecular formula is C15H21NO3. The Hall–Kier alpha value is -1.42. The molecule has 0 saturated carbocycles. The van der Waals surface area contributed by atoms with Gasteiger partial charge in [0, 0.05) is 25.1 Å². The topological polar surface area (TPSA) is 46.6 Å². The van der Waals surface area contributed by atoms with Crippen molar-refractivity contribution in [1.29, 1.82) is 0 Å². The zero-order valence-electron chi connectivity index (χ0n) is 11.6. The summed E-state index contributed by atoms with van der Waals surface area (Å²) in [5.41, 5.74) is 0.792. The first-order chi connectivity index (χ1) is 9.16. The second kappa shape index (κ2) is 6.15. The third-order valence-electron chi connectivity index (χ3n) is 3.62. The fourth-order valence-corrected chi connectivity index (χ4v) is 2.67. The lowest BCUT2D eigenvalue weighted by Crippen LogP contribution is -2.34. The fourth-order valence-electron chi connectivity index (χ4n) is 2.67. The van der Waals surface area contributed by atoms with Crippen molar-refractivity contribution in [3.8, 4) is 0 Å². The summed E-state index contributed by atoms with van der Waals surface area (Å²) in [5.74, 6) is -0.428. The van der Waals surface area contributed by atoms with Gasteiger partial charge in [0.05, 0.1) is 0 Å². The number of fused-ring (bicyclic) bond motifs is 1. The van der Waals surface area contributed by atoms with Gasteiger partial charge in [0.1, 0.15) is 6.10 Å². The lowest BCUT2D eigenvalue weighted by atomic mass is 9.94. The van der Waals surface area contributed by atoms with Gasteiger partial charge in [-0.3, -0.25) is 14.5 Å². The molecular weight excluding hydrogens is 242 g/mol. The van der Waals surface area contributed by atoms with E-state index in [1.54, 1.807) is 0 Å². The third-order valence-corrected chi connectivity index (χ3v) is 3.62. The van der Waals surface area contributed by atoms with Gasteiger partial charge in [-0.2, -0.15) is 0 Å². The predicted molar refractivity (Wildman–Crippen MR) is 72.1 cm³/mol.